The molecule has 4 aromatic carbocycles. The van der Waals surface area contributed by atoms with E-state index in [1.807, 2.05) is 9.80 Å². The van der Waals surface area contributed by atoms with E-state index in [-0.39, 0.29) is 79.6 Å². The molecule has 8 rings (SSSR count). The Morgan fingerprint density at radius 2 is 0.843 bits per heavy atom. The number of ether oxygens (including phenoxy) is 1. The fourth-order valence-electron chi connectivity index (χ4n) is 12.7. The van der Waals surface area contributed by atoms with Gasteiger partial charge in [-0.05, 0) is 168 Å². The number of carbonyl (C=O) groups excluding carboxylic acids is 3. The molecule has 2 aliphatic heterocycles. The molecule has 0 bridgehead atoms. The number of hydrogen-bond acceptors (Lipinski definition) is 9. The molecule has 6 aromatic rings. The number of aliphatic carboxylic acids is 1. The highest BCUT2D eigenvalue weighted by Crippen LogP contribution is 2.45. The lowest BCUT2D eigenvalue weighted by Crippen LogP contribution is -2.41. The van der Waals surface area contributed by atoms with Crippen molar-refractivity contribution in [2.24, 2.45) is 11.8 Å². The van der Waals surface area contributed by atoms with Crippen molar-refractivity contribution < 1.29 is 99.3 Å². The molecule has 3 N–H and O–H groups in total. The molecule has 2 amide bonds. The molecule has 0 spiro atoms. The molecule has 2 aromatic heterocycles. The van der Waals surface area contributed by atoms with Crippen molar-refractivity contribution in [2.75, 3.05) is 45.9 Å². The van der Waals surface area contributed by atoms with Crippen LogP contribution in [0.4, 0.5) is 70.2 Å². The first-order chi connectivity index (χ1) is 47.4. The number of carboxylic acids is 1. The van der Waals surface area contributed by atoms with Gasteiger partial charge in [0.15, 0.2) is 0 Å². The molecule has 556 valence electrons. The number of rotatable bonds is 25. The third-order valence-corrected chi connectivity index (χ3v) is 17.9. The zero-order valence-electron chi connectivity index (χ0n) is 57.1. The molecule has 14 nitrogen and oxygen atoms in total. The first kappa shape index (κ1) is 80.8. The van der Waals surface area contributed by atoms with Crippen molar-refractivity contribution in [3.63, 3.8) is 0 Å². The van der Waals surface area contributed by atoms with Crippen LogP contribution in [0.1, 0.15) is 164 Å². The maximum Gasteiger partial charge on any atom is 0.419 e. The summed E-state index contributed by atoms with van der Waals surface area (Å²) < 4.78 is 241. The Morgan fingerprint density at radius 1 is 0.510 bits per heavy atom. The summed E-state index contributed by atoms with van der Waals surface area (Å²) in [5.41, 5.74) is -11.6. The summed E-state index contributed by atoms with van der Waals surface area (Å²) in [7, 11) is 0. The van der Waals surface area contributed by atoms with Crippen molar-refractivity contribution in [3.05, 3.63) is 184 Å². The minimum Gasteiger partial charge on any atom is -0.481 e. The first-order valence-electron chi connectivity index (χ1n) is 32.8. The number of halogens is 16. The second kappa shape index (κ2) is 32.8. The van der Waals surface area contributed by atoms with E-state index in [0.29, 0.717) is 66.6 Å². The summed E-state index contributed by atoms with van der Waals surface area (Å²) in [5.74, 6) is -13.3. The number of alkyl halides is 12. The van der Waals surface area contributed by atoms with Crippen LogP contribution in [-0.2, 0) is 61.5 Å². The fourth-order valence-corrected chi connectivity index (χ4v) is 12.7. The molecule has 4 atom stereocenters. The largest absolute Gasteiger partial charge is 0.481 e. The number of amides is 2. The molecular formula is C72H78F16N6O8. The number of aryl methyl sites for hydroxylation is 4. The Morgan fingerprint density at radius 3 is 1.13 bits per heavy atom. The van der Waals surface area contributed by atoms with Crippen molar-refractivity contribution in [3.8, 4) is 22.3 Å². The van der Waals surface area contributed by atoms with E-state index in [2.05, 4.69) is 10.6 Å². The van der Waals surface area contributed by atoms with E-state index < -0.39 is 170 Å². The number of nitrogens with one attached hydrogen (secondary N) is 2. The van der Waals surface area contributed by atoms with E-state index in [1.54, 1.807) is 39.8 Å². The number of hydrogen-bond donors (Lipinski definition) is 3. The summed E-state index contributed by atoms with van der Waals surface area (Å²) in [6, 6.07) is 3.01. The zero-order chi connectivity index (χ0) is 76.0. The van der Waals surface area contributed by atoms with Gasteiger partial charge < -0.3 is 39.4 Å². The lowest BCUT2D eigenvalue weighted by atomic mass is 9.89. The second-order valence-electron chi connectivity index (χ2n) is 26.4. The van der Waals surface area contributed by atoms with E-state index in [1.165, 1.54) is 58.9 Å². The van der Waals surface area contributed by atoms with Crippen LogP contribution in [0.2, 0.25) is 0 Å². The summed E-state index contributed by atoms with van der Waals surface area (Å²) in [5, 5.41) is 14.1. The van der Waals surface area contributed by atoms with E-state index in [4.69, 9.17) is 4.74 Å². The average molecular weight is 1460 g/mol. The molecule has 2 aliphatic rings. The van der Waals surface area contributed by atoms with Gasteiger partial charge in [0.25, 0.3) is 11.1 Å². The number of likely N-dealkylation sites (tertiary alicyclic amines) is 2. The minimum atomic E-state index is -5.37. The molecule has 0 radical (unpaired) electrons. The number of aromatic nitrogens is 2. The number of carboxylic acid groups (broad SMARTS) is 1. The molecule has 0 aliphatic carbocycles. The Hall–Kier alpha value is -8.54. The fraction of sp³-hybridized carbons (Fsp3) is 0.472. The first-order valence-corrected chi connectivity index (χ1v) is 32.8. The third-order valence-electron chi connectivity index (χ3n) is 17.9. The SMILES string of the molecule is CCOC(=O)C[C@H](NC(=O)C(CC(C)C)n1cc(CCN2CCC2)c(C(F)(F)F)cc1=O)c1c(F)c(-c2c(C)cccc2C)cc(C(F)(F)F)c1F.Cc1cccc(C)c1-c1cc(C(F)(F)F)c(F)c([C@H](CC(=O)O)NC(=O)C(CC(C)C)n2cc(CCN3CCC3)c(C(F)(F)F)cc2=O)c1F. The predicted molar refractivity (Wildman–Crippen MR) is 346 cm³/mol. The van der Waals surface area contributed by atoms with Gasteiger partial charge in [0.1, 0.15) is 35.4 Å². The molecule has 30 heteroatoms. The summed E-state index contributed by atoms with van der Waals surface area (Å²) in [4.78, 5) is 83.0. The van der Waals surface area contributed by atoms with Gasteiger partial charge in [-0.1, -0.05) is 64.1 Å². The van der Waals surface area contributed by atoms with Gasteiger partial charge in [-0.25, -0.2) is 17.6 Å². The van der Waals surface area contributed by atoms with Gasteiger partial charge in [-0.2, -0.15) is 52.7 Å². The lowest BCUT2D eigenvalue weighted by Gasteiger charge is -2.31. The van der Waals surface area contributed by atoms with E-state index in [9.17, 15) is 86.6 Å². The number of nitrogens with zero attached hydrogens (tertiary/aromatic N) is 4. The number of carbonyl (C=O) groups is 4. The van der Waals surface area contributed by atoms with Crippen LogP contribution in [0.25, 0.3) is 22.3 Å². The van der Waals surface area contributed by atoms with E-state index >= 15 is 17.6 Å². The second-order valence-corrected chi connectivity index (χ2v) is 26.4. The number of pyridine rings is 2. The summed E-state index contributed by atoms with van der Waals surface area (Å²) in [6.07, 6.45) is -19.8. The van der Waals surface area contributed by atoms with Gasteiger partial charge in [0, 0.05) is 59.9 Å². The normalized spacial score (nSPS) is 15.0. The van der Waals surface area contributed by atoms with Crippen molar-refractivity contribution >= 4 is 23.8 Å². The lowest BCUT2D eigenvalue weighted by molar-refractivity contribution is -0.144. The molecule has 2 fully saturated rings. The smallest absolute Gasteiger partial charge is 0.419 e. The Kier molecular flexibility index (Phi) is 26.0. The van der Waals surface area contributed by atoms with Gasteiger partial charge in [-0.3, -0.25) is 28.8 Å². The highest BCUT2D eigenvalue weighted by Gasteiger charge is 2.44. The van der Waals surface area contributed by atoms with Crippen LogP contribution in [0.15, 0.2) is 82.6 Å². The van der Waals surface area contributed by atoms with Crippen LogP contribution in [0.3, 0.4) is 0 Å². The minimum absolute atomic E-state index is 0.00287. The van der Waals surface area contributed by atoms with Crippen LogP contribution in [0.5, 0.6) is 0 Å². The molecule has 0 saturated carbocycles. The monoisotopic (exact) mass is 1460 g/mol. The maximum atomic E-state index is 16.6. The quantitative estimate of drug-likeness (QED) is 0.0370. The standard InChI is InChI=1S/C37H41F8N3O4.C35H37F8N3O4/c1-6-52-30(50)18-27(32-33(38)24(16-26(34(32)39)37(43,44)45)31-21(4)9-7-10-22(31)5)46-35(51)28(15-20(2)3)48-19-23(11-14-47-12-8-13-47)25(17-29(48)49)36(40,41)42;1-18(2)13-26(46-17-21(9-12-45-10-6-11-45)23(15-27(46)47)34(38,39)40)33(50)44-25(16-28(48)49)30-31(36)22(14-24(32(30)37)35(41,42)43)29-19(3)7-5-8-20(29)4/h7,9-10,16-17,19-20,27-28H,6,8,11-15,18H2,1-5H3,(H,46,51);5,7-8,14-15,17-18,25-26H,6,9-13,16H2,1-4H3,(H,44,50)(H,48,49)/t27-,28?;25-,26?/m00/s1. The van der Waals surface area contributed by atoms with Gasteiger partial charge in [0.2, 0.25) is 11.8 Å². The molecule has 2 unspecified atom stereocenters. The number of esters is 1. The summed E-state index contributed by atoms with van der Waals surface area (Å²) >= 11 is 0. The topological polar surface area (TPSA) is 172 Å². The van der Waals surface area contributed by atoms with Crippen molar-refractivity contribution in [2.45, 2.75) is 163 Å². The van der Waals surface area contributed by atoms with Gasteiger partial charge >= 0.3 is 36.6 Å². The Labute approximate surface area is 577 Å². The zero-order valence-corrected chi connectivity index (χ0v) is 57.1. The molecule has 4 heterocycles. The maximum absolute atomic E-state index is 16.6. The van der Waals surface area contributed by atoms with Crippen molar-refractivity contribution in [1.82, 2.24) is 29.6 Å². The number of benzene rings is 4. The highest BCUT2D eigenvalue weighted by molar-refractivity contribution is 5.84. The van der Waals surface area contributed by atoms with Crippen LogP contribution >= 0.6 is 0 Å². The molecule has 102 heavy (non-hydrogen) atoms. The Bertz CT molecular complexity index is 4150. The van der Waals surface area contributed by atoms with Crippen molar-refractivity contribution in [1.29, 1.82) is 0 Å². The van der Waals surface area contributed by atoms with Crippen LogP contribution < -0.4 is 21.8 Å². The Balaban J connectivity index is 0.000000286. The highest BCUT2D eigenvalue weighted by atomic mass is 19.4. The van der Waals surface area contributed by atoms with E-state index in [0.717, 1.165) is 34.4 Å². The predicted octanol–water partition coefficient (Wildman–Crippen LogP) is 15.7. The third kappa shape index (κ3) is 19.4. The molecule has 2 saturated heterocycles. The van der Waals surface area contributed by atoms with Gasteiger partial charge in [0.05, 0.1) is 53.8 Å². The van der Waals surface area contributed by atoms with Gasteiger partial charge in [-0.15, -0.1) is 0 Å². The van der Waals surface area contributed by atoms with Crippen LogP contribution in [0, 0.1) is 62.8 Å². The summed E-state index contributed by atoms with van der Waals surface area (Å²) in [6.45, 7) is 17.0. The van der Waals surface area contributed by atoms with Crippen LogP contribution in [-0.4, -0.2) is 93.7 Å². The molecular weight excluding hydrogens is 1380 g/mol. The average Bonchev–Trinajstić information content (AvgIpc) is 0.761.